The molecule has 0 saturated heterocycles. The van der Waals surface area contributed by atoms with Crippen LogP contribution in [0.15, 0.2) is 45.9 Å². The molecule has 0 spiro atoms. The van der Waals surface area contributed by atoms with Crippen LogP contribution in [0.3, 0.4) is 0 Å². The molecule has 0 bridgehead atoms. The molecule has 4 aromatic rings. The lowest BCUT2D eigenvalue weighted by Gasteiger charge is -2.08. The zero-order valence-corrected chi connectivity index (χ0v) is 15.3. The molecule has 0 aliphatic carbocycles. The second-order valence-corrected chi connectivity index (χ2v) is 7.87. The van der Waals surface area contributed by atoms with E-state index in [0.29, 0.717) is 5.95 Å². The monoisotopic (exact) mass is 370 g/mol. The Morgan fingerprint density at radius 3 is 2.75 bits per heavy atom. The van der Waals surface area contributed by atoms with Gasteiger partial charge in [-0.3, -0.25) is 0 Å². The van der Waals surface area contributed by atoms with E-state index < -0.39 is 0 Å². The summed E-state index contributed by atoms with van der Waals surface area (Å²) in [6.07, 6.45) is 1.89. The van der Waals surface area contributed by atoms with Crippen molar-refractivity contribution in [2.24, 2.45) is 0 Å². The van der Waals surface area contributed by atoms with Crippen molar-refractivity contribution in [2.75, 3.05) is 5.32 Å². The summed E-state index contributed by atoms with van der Waals surface area (Å²) in [6, 6.07) is 6.24. The van der Waals surface area contributed by atoms with Crippen LogP contribution in [0.25, 0.3) is 21.8 Å². The average Bonchev–Trinajstić information content (AvgIpc) is 3.35. The third-order valence-corrected chi connectivity index (χ3v) is 5.97. The van der Waals surface area contributed by atoms with Crippen LogP contribution in [0, 0.1) is 6.92 Å². The minimum atomic E-state index is 0.630. The molecule has 0 aliphatic heterocycles. The minimum Gasteiger partial charge on any atom is -0.349 e. The summed E-state index contributed by atoms with van der Waals surface area (Å²) in [7, 11) is 0. The molecule has 24 heavy (non-hydrogen) atoms. The highest BCUT2D eigenvalue weighted by Crippen LogP contribution is 2.33. The minimum absolute atomic E-state index is 0.630. The zero-order valence-electron chi connectivity index (χ0n) is 12.9. The smallest absolute Gasteiger partial charge is 0.223 e. The number of thiazole rings is 1. The van der Waals surface area contributed by atoms with Crippen molar-refractivity contribution >= 4 is 40.0 Å². The molecule has 4 heterocycles. The van der Waals surface area contributed by atoms with E-state index in [9.17, 15) is 0 Å². The lowest BCUT2D eigenvalue weighted by molar-refractivity contribution is 1.07. The van der Waals surface area contributed by atoms with Gasteiger partial charge in [0, 0.05) is 27.7 Å². The Labute approximate surface area is 151 Å². The number of aryl methyl sites for hydroxylation is 1. The molecule has 0 aliphatic rings. The average molecular weight is 371 g/mol. The summed E-state index contributed by atoms with van der Waals surface area (Å²) in [5.41, 5.74) is 4.05. The van der Waals surface area contributed by atoms with E-state index in [1.54, 1.807) is 34.0 Å². The van der Waals surface area contributed by atoms with Crippen molar-refractivity contribution in [3.63, 3.8) is 0 Å². The fourth-order valence-electron chi connectivity index (χ4n) is 2.30. The maximum Gasteiger partial charge on any atom is 0.223 e. The molecule has 0 amide bonds. The molecule has 0 fully saturated rings. The Bertz CT molecular complexity index is 927. The number of nitrogens with one attached hydrogen (secondary N) is 1. The number of rotatable bonds is 5. The van der Waals surface area contributed by atoms with Gasteiger partial charge in [-0.15, -0.1) is 22.7 Å². The van der Waals surface area contributed by atoms with E-state index in [0.717, 1.165) is 34.1 Å². The first-order chi connectivity index (χ1) is 11.8. The van der Waals surface area contributed by atoms with E-state index in [1.165, 1.54) is 4.88 Å². The predicted molar refractivity (Wildman–Crippen MR) is 103 cm³/mol. The van der Waals surface area contributed by atoms with Gasteiger partial charge in [0.15, 0.2) is 0 Å². The molecular weight excluding hydrogens is 356 g/mol. The maximum atomic E-state index is 4.75. The van der Waals surface area contributed by atoms with Crippen molar-refractivity contribution in [3.05, 3.63) is 56.5 Å². The summed E-state index contributed by atoms with van der Waals surface area (Å²) in [5, 5.41) is 12.5. The lowest BCUT2D eigenvalue weighted by atomic mass is 10.1. The second-order valence-electron chi connectivity index (χ2n) is 5.19. The van der Waals surface area contributed by atoms with Gasteiger partial charge in [-0.05, 0) is 40.8 Å². The number of hydrogen-bond donors (Lipinski definition) is 1. The summed E-state index contributed by atoms with van der Waals surface area (Å²) >= 11 is 5.00. The van der Waals surface area contributed by atoms with Crippen LogP contribution >= 0.6 is 34.0 Å². The van der Waals surface area contributed by atoms with Crippen LogP contribution in [0.2, 0.25) is 0 Å². The van der Waals surface area contributed by atoms with Gasteiger partial charge in [-0.2, -0.15) is 11.3 Å². The van der Waals surface area contributed by atoms with Gasteiger partial charge in [0.2, 0.25) is 5.95 Å². The lowest BCUT2D eigenvalue weighted by Crippen LogP contribution is -2.04. The van der Waals surface area contributed by atoms with E-state index in [-0.39, 0.29) is 0 Å². The highest BCUT2D eigenvalue weighted by atomic mass is 32.1. The fourth-order valence-corrected chi connectivity index (χ4v) is 4.40. The molecule has 120 valence electrons. The Balaban J connectivity index is 1.70. The van der Waals surface area contributed by atoms with Crippen LogP contribution in [0.4, 0.5) is 5.95 Å². The summed E-state index contributed by atoms with van der Waals surface area (Å²) in [4.78, 5) is 15.1. The Hall–Kier alpha value is -2.09. The molecule has 4 nitrogen and oxygen atoms in total. The van der Waals surface area contributed by atoms with Gasteiger partial charge in [-0.25, -0.2) is 15.0 Å². The molecule has 0 unspecified atom stereocenters. The first-order valence-electron chi connectivity index (χ1n) is 7.38. The van der Waals surface area contributed by atoms with E-state index in [1.807, 2.05) is 24.6 Å². The maximum absolute atomic E-state index is 4.75. The van der Waals surface area contributed by atoms with Crippen molar-refractivity contribution < 1.29 is 0 Å². The SMILES string of the molecule is Cc1csc(-c2nc(NCc3cccs3)ncc2-c2ccsc2)n1. The van der Waals surface area contributed by atoms with Crippen molar-refractivity contribution in [3.8, 4) is 21.8 Å². The molecule has 0 atom stereocenters. The molecule has 1 N–H and O–H groups in total. The molecule has 0 aromatic carbocycles. The Kier molecular flexibility index (Phi) is 4.38. The molecule has 0 saturated carbocycles. The Morgan fingerprint density at radius 1 is 1.08 bits per heavy atom. The van der Waals surface area contributed by atoms with Gasteiger partial charge in [-0.1, -0.05) is 6.07 Å². The number of thiophene rings is 2. The van der Waals surface area contributed by atoms with Gasteiger partial charge in [0.1, 0.15) is 10.7 Å². The van der Waals surface area contributed by atoms with E-state index >= 15 is 0 Å². The van der Waals surface area contributed by atoms with Crippen LogP contribution < -0.4 is 5.32 Å². The number of nitrogens with zero attached hydrogens (tertiary/aromatic N) is 3. The van der Waals surface area contributed by atoms with Crippen molar-refractivity contribution in [1.82, 2.24) is 15.0 Å². The van der Waals surface area contributed by atoms with Crippen LogP contribution in [0.5, 0.6) is 0 Å². The summed E-state index contributed by atoms with van der Waals surface area (Å²) < 4.78 is 0. The largest absolute Gasteiger partial charge is 0.349 e. The zero-order chi connectivity index (χ0) is 16.4. The molecular formula is C17H14N4S3. The molecule has 7 heteroatoms. The number of hydrogen-bond acceptors (Lipinski definition) is 7. The van der Waals surface area contributed by atoms with Gasteiger partial charge < -0.3 is 5.32 Å². The number of aromatic nitrogens is 3. The topological polar surface area (TPSA) is 50.7 Å². The van der Waals surface area contributed by atoms with E-state index in [2.05, 4.69) is 43.6 Å². The van der Waals surface area contributed by atoms with Crippen molar-refractivity contribution in [2.45, 2.75) is 13.5 Å². The number of anilines is 1. The highest BCUT2D eigenvalue weighted by Gasteiger charge is 2.15. The molecule has 4 rings (SSSR count). The quantitative estimate of drug-likeness (QED) is 0.517. The van der Waals surface area contributed by atoms with Gasteiger partial charge in [0.05, 0.1) is 6.54 Å². The summed E-state index contributed by atoms with van der Waals surface area (Å²) in [6.45, 7) is 2.73. The first-order valence-corrected chi connectivity index (χ1v) is 10.1. The van der Waals surface area contributed by atoms with Crippen LogP contribution in [0.1, 0.15) is 10.6 Å². The molecule has 0 radical (unpaired) electrons. The fraction of sp³-hybridized carbons (Fsp3) is 0.118. The molecule has 4 aromatic heterocycles. The normalized spacial score (nSPS) is 10.9. The van der Waals surface area contributed by atoms with Crippen LogP contribution in [-0.4, -0.2) is 15.0 Å². The highest BCUT2D eigenvalue weighted by molar-refractivity contribution is 7.13. The van der Waals surface area contributed by atoms with Gasteiger partial charge in [0.25, 0.3) is 0 Å². The predicted octanol–water partition coefficient (Wildman–Crippen LogP) is 5.31. The third-order valence-electron chi connectivity index (χ3n) is 3.44. The van der Waals surface area contributed by atoms with Crippen LogP contribution in [-0.2, 0) is 6.54 Å². The van der Waals surface area contributed by atoms with E-state index in [4.69, 9.17) is 4.98 Å². The standard InChI is InChI=1S/C17H14N4S3/c1-11-9-24-16(20-11)15-14(12-4-6-22-10-12)8-19-17(21-15)18-7-13-3-2-5-23-13/h2-6,8-10H,7H2,1H3,(H,18,19,21). The first kappa shape index (κ1) is 15.4. The second kappa shape index (κ2) is 6.80. The Morgan fingerprint density at radius 2 is 2.04 bits per heavy atom. The van der Waals surface area contributed by atoms with Crippen molar-refractivity contribution in [1.29, 1.82) is 0 Å². The van der Waals surface area contributed by atoms with Gasteiger partial charge >= 0.3 is 0 Å². The summed E-state index contributed by atoms with van der Waals surface area (Å²) in [5.74, 6) is 0.630. The third kappa shape index (κ3) is 3.24.